The van der Waals surface area contributed by atoms with E-state index in [1.165, 1.54) is 4.90 Å². The Morgan fingerprint density at radius 1 is 1.31 bits per heavy atom. The Balaban J connectivity index is 0.00000300. The van der Waals surface area contributed by atoms with E-state index in [1.807, 2.05) is 0 Å². The number of likely N-dealkylation sites (tertiary alicyclic amines) is 1. The lowest BCUT2D eigenvalue weighted by Crippen LogP contribution is -2.56. The highest BCUT2D eigenvalue weighted by atomic mass is 35.5. The number of nitrogens with zero attached hydrogens (tertiary/aromatic N) is 1. The Hall–Kier alpha value is -2.50. The third-order valence-electron chi connectivity index (χ3n) is 4.81. The molecule has 12 heteroatoms. The largest absolute Gasteiger partial charge is 0.535 e. The molecule has 158 valence electrons. The van der Waals surface area contributed by atoms with Gasteiger partial charge in [-0.3, -0.25) is 9.59 Å². The third kappa shape index (κ3) is 5.11. The molecule has 1 atom stereocenters. The van der Waals surface area contributed by atoms with Crippen molar-refractivity contribution in [2.24, 2.45) is 5.73 Å². The molecule has 1 saturated heterocycles. The van der Waals surface area contributed by atoms with Crippen LogP contribution in [0.25, 0.3) is 0 Å². The summed E-state index contributed by atoms with van der Waals surface area (Å²) >= 11 is 0. The maximum absolute atomic E-state index is 12.0. The molecule has 1 amide bonds. The lowest BCUT2D eigenvalue weighted by Gasteiger charge is -2.39. The number of rotatable bonds is 7. The number of carboxylic acid groups (broad SMARTS) is 2. The van der Waals surface area contributed by atoms with Gasteiger partial charge in [-0.2, -0.15) is 0 Å². The number of aliphatic carboxylic acids is 1. The number of halogens is 1. The summed E-state index contributed by atoms with van der Waals surface area (Å²) in [6.45, 7) is 0.529. The van der Waals surface area contributed by atoms with Crippen molar-refractivity contribution in [1.29, 1.82) is 0 Å². The minimum atomic E-state index is -1.23. The molecular weight excluding hydrogens is 406 g/mol. The fourth-order valence-electron chi connectivity index (χ4n) is 3.17. The first-order chi connectivity index (χ1) is 13.3. The van der Waals surface area contributed by atoms with Crippen LogP contribution in [-0.4, -0.2) is 70.3 Å². The molecule has 2 heterocycles. The van der Waals surface area contributed by atoms with E-state index in [2.05, 4.69) is 0 Å². The van der Waals surface area contributed by atoms with Gasteiger partial charge in [0.15, 0.2) is 0 Å². The molecule has 0 bridgehead atoms. The Bertz CT molecular complexity index is 802. The van der Waals surface area contributed by atoms with Crippen LogP contribution in [0.15, 0.2) is 12.1 Å². The van der Waals surface area contributed by atoms with Crippen LogP contribution in [-0.2, 0) is 16.0 Å². The SMILES string of the molecule is Cl.N[C@H](CCC(=O)N1CC(Oc2ccc3c(c2C(=O)O)OB(O)CC3)C1)C(=O)O. The van der Waals surface area contributed by atoms with Crippen molar-refractivity contribution in [3.8, 4) is 11.5 Å². The molecule has 0 aromatic heterocycles. The van der Waals surface area contributed by atoms with Crippen molar-refractivity contribution in [3.63, 3.8) is 0 Å². The van der Waals surface area contributed by atoms with Crippen LogP contribution in [0, 0.1) is 0 Å². The monoisotopic (exact) mass is 428 g/mol. The van der Waals surface area contributed by atoms with E-state index in [1.54, 1.807) is 12.1 Å². The highest BCUT2D eigenvalue weighted by molar-refractivity contribution is 6.44. The minimum absolute atomic E-state index is 0. The van der Waals surface area contributed by atoms with Gasteiger partial charge in [-0.15, -0.1) is 12.4 Å². The fraction of sp³-hybridized carbons (Fsp3) is 0.471. The van der Waals surface area contributed by atoms with Crippen LogP contribution < -0.4 is 15.1 Å². The molecule has 3 rings (SSSR count). The number of aromatic carboxylic acids is 1. The standard InChI is InChI=1S/C17H21BN2O8.ClH/c19-11(16(22)23)2-4-13(21)20-7-10(8-20)27-12-3-1-9-5-6-18(26)28-15(9)14(12)17(24)25;/h1,3,10-11,26H,2,4-8,19H2,(H,22,23)(H,24,25);1H/t11-;/m1./s1. The number of fused-ring (bicyclic) bond motifs is 1. The van der Waals surface area contributed by atoms with E-state index in [9.17, 15) is 24.5 Å². The van der Waals surface area contributed by atoms with Gasteiger partial charge < -0.3 is 35.3 Å². The number of hydrogen-bond acceptors (Lipinski definition) is 7. The molecule has 5 N–H and O–H groups in total. The molecule has 0 saturated carbocycles. The van der Waals surface area contributed by atoms with Crippen molar-refractivity contribution < 1.29 is 39.0 Å². The van der Waals surface area contributed by atoms with Gasteiger partial charge in [0.25, 0.3) is 0 Å². The van der Waals surface area contributed by atoms with Gasteiger partial charge in [0.1, 0.15) is 29.2 Å². The van der Waals surface area contributed by atoms with Gasteiger partial charge in [-0.25, -0.2) is 4.79 Å². The zero-order valence-corrected chi connectivity index (χ0v) is 16.3. The van der Waals surface area contributed by atoms with E-state index >= 15 is 0 Å². The predicted octanol–water partition coefficient (Wildman–Crippen LogP) is 0.00370. The quantitative estimate of drug-likeness (QED) is 0.438. The van der Waals surface area contributed by atoms with E-state index < -0.39 is 25.1 Å². The molecule has 0 unspecified atom stereocenters. The zero-order chi connectivity index (χ0) is 20.4. The molecule has 2 aliphatic heterocycles. The van der Waals surface area contributed by atoms with Crippen molar-refractivity contribution in [2.75, 3.05) is 13.1 Å². The van der Waals surface area contributed by atoms with Crippen molar-refractivity contribution >= 4 is 37.4 Å². The number of carbonyl (C=O) groups is 3. The molecular formula is C17H22BClN2O8. The Kier molecular flexibility index (Phi) is 7.34. The first kappa shape index (κ1) is 22.8. The predicted molar refractivity (Wildman–Crippen MR) is 104 cm³/mol. The summed E-state index contributed by atoms with van der Waals surface area (Å²) in [4.78, 5) is 35.9. The summed E-state index contributed by atoms with van der Waals surface area (Å²) in [6, 6.07) is 2.18. The first-order valence-corrected chi connectivity index (χ1v) is 8.93. The molecule has 1 fully saturated rings. The van der Waals surface area contributed by atoms with Crippen LogP contribution in [0.5, 0.6) is 11.5 Å². The summed E-state index contributed by atoms with van der Waals surface area (Å²) in [5.41, 5.74) is 5.93. The first-order valence-electron chi connectivity index (χ1n) is 8.93. The molecule has 10 nitrogen and oxygen atoms in total. The van der Waals surface area contributed by atoms with Gasteiger partial charge >= 0.3 is 19.1 Å². The Morgan fingerprint density at radius 2 is 2.00 bits per heavy atom. The van der Waals surface area contributed by atoms with Gasteiger partial charge in [-0.1, -0.05) is 6.07 Å². The lowest BCUT2D eigenvalue weighted by molar-refractivity contribution is -0.141. The number of carboxylic acids is 2. The number of nitrogens with two attached hydrogens (primary N) is 1. The van der Waals surface area contributed by atoms with Gasteiger partial charge in [0.05, 0.1) is 13.1 Å². The Labute approximate surface area is 173 Å². The molecule has 1 aromatic carbocycles. The fourth-order valence-corrected chi connectivity index (χ4v) is 3.17. The van der Waals surface area contributed by atoms with E-state index in [0.717, 1.165) is 0 Å². The van der Waals surface area contributed by atoms with E-state index in [-0.39, 0.29) is 67.4 Å². The highest BCUT2D eigenvalue weighted by Crippen LogP contribution is 2.37. The topological polar surface area (TPSA) is 160 Å². The maximum atomic E-state index is 12.0. The maximum Gasteiger partial charge on any atom is 0.522 e. The van der Waals surface area contributed by atoms with Gasteiger partial charge in [0.2, 0.25) is 5.91 Å². The second kappa shape index (κ2) is 9.34. The smallest absolute Gasteiger partial charge is 0.522 e. The average molecular weight is 429 g/mol. The van der Waals surface area contributed by atoms with Crippen LogP contribution in [0.3, 0.4) is 0 Å². The minimum Gasteiger partial charge on any atom is -0.535 e. The number of carbonyl (C=O) groups excluding carboxylic acids is 1. The van der Waals surface area contributed by atoms with Crippen LogP contribution in [0.4, 0.5) is 0 Å². The third-order valence-corrected chi connectivity index (χ3v) is 4.81. The molecule has 0 spiro atoms. The molecule has 1 aromatic rings. The number of benzene rings is 1. The highest BCUT2D eigenvalue weighted by Gasteiger charge is 2.35. The van der Waals surface area contributed by atoms with Crippen molar-refractivity contribution in [2.45, 2.75) is 37.7 Å². The number of aryl methyl sites for hydroxylation is 1. The number of hydrogen-bond donors (Lipinski definition) is 4. The molecule has 0 radical (unpaired) electrons. The summed E-state index contributed by atoms with van der Waals surface area (Å²) < 4.78 is 11.0. The molecule has 29 heavy (non-hydrogen) atoms. The summed E-state index contributed by atoms with van der Waals surface area (Å²) in [7, 11) is -1.06. The number of ether oxygens (including phenoxy) is 1. The van der Waals surface area contributed by atoms with Crippen molar-refractivity contribution in [3.05, 3.63) is 23.3 Å². The summed E-state index contributed by atoms with van der Waals surface area (Å²) in [6.07, 6.45) is 0.565. The van der Waals surface area contributed by atoms with Crippen LogP contribution in [0.1, 0.15) is 28.8 Å². The number of amides is 1. The lowest BCUT2D eigenvalue weighted by atomic mass is 9.78. The van der Waals surface area contributed by atoms with Crippen LogP contribution >= 0.6 is 12.4 Å². The zero-order valence-electron chi connectivity index (χ0n) is 15.4. The van der Waals surface area contributed by atoms with E-state index in [0.29, 0.717) is 18.3 Å². The summed E-state index contributed by atoms with van der Waals surface area (Å²) in [5.74, 6) is -2.38. The van der Waals surface area contributed by atoms with Gasteiger partial charge in [-0.05, 0) is 30.8 Å². The molecule has 0 aliphatic carbocycles. The average Bonchev–Trinajstić information content (AvgIpc) is 2.60. The van der Waals surface area contributed by atoms with Gasteiger partial charge in [0, 0.05) is 6.42 Å². The van der Waals surface area contributed by atoms with E-state index in [4.69, 9.17) is 20.2 Å². The second-order valence-electron chi connectivity index (χ2n) is 6.87. The molecule has 2 aliphatic rings. The van der Waals surface area contributed by atoms with Crippen molar-refractivity contribution in [1.82, 2.24) is 4.90 Å². The second-order valence-corrected chi connectivity index (χ2v) is 6.87. The normalized spacial score (nSPS) is 16.6. The Morgan fingerprint density at radius 3 is 2.62 bits per heavy atom. The summed E-state index contributed by atoms with van der Waals surface area (Å²) in [5, 5.41) is 28.0. The van der Waals surface area contributed by atoms with Crippen LogP contribution in [0.2, 0.25) is 6.32 Å².